The average molecular weight is 224 g/mol. The van der Waals surface area contributed by atoms with Crippen molar-refractivity contribution in [2.24, 2.45) is 5.41 Å². The zero-order valence-electron chi connectivity index (χ0n) is 10.3. The maximum Gasteiger partial charge on any atom is 0.336 e. The second-order valence-electron chi connectivity index (χ2n) is 5.46. The predicted octanol–water partition coefficient (Wildman–Crippen LogP) is 2.54. The van der Waals surface area contributed by atoms with Gasteiger partial charge in [0.1, 0.15) is 0 Å². The number of carbonyl (C=O) groups is 1. The SMILES string of the molecule is CC1=C2CCCCCC(O)(OC1=O)C2(C)C. The maximum atomic E-state index is 11.7. The van der Waals surface area contributed by atoms with Gasteiger partial charge in [-0.05, 0) is 45.6 Å². The largest absolute Gasteiger partial charge is 0.429 e. The second-order valence-corrected chi connectivity index (χ2v) is 5.46. The van der Waals surface area contributed by atoms with Gasteiger partial charge >= 0.3 is 5.97 Å². The van der Waals surface area contributed by atoms with E-state index in [1.54, 1.807) is 6.92 Å². The smallest absolute Gasteiger partial charge is 0.336 e. The van der Waals surface area contributed by atoms with Gasteiger partial charge in [-0.2, -0.15) is 0 Å². The summed E-state index contributed by atoms with van der Waals surface area (Å²) in [6, 6.07) is 0. The molecule has 1 atom stereocenters. The molecule has 1 aliphatic heterocycles. The highest BCUT2D eigenvalue weighted by molar-refractivity contribution is 5.90. The molecule has 1 saturated carbocycles. The molecular weight excluding hydrogens is 204 g/mol. The summed E-state index contributed by atoms with van der Waals surface area (Å²) in [4.78, 5) is 11.7. The molecule has 0 aromatic heterocycles. The van der Waals surface area contributed by atoms with Crippen molar-refractivity contribution < 1.29 is 14.6 Å². The summed E-state index contributed by atoms with van der Waals surface area (Å²) >= 11 is 0. The van der Waals surface area contributed by atoms with Crippen LogP contribution in [0.1, 0.15) is 52.9 Å². The van der Waals surface area contributed by atoms with Crippen molar-refractivity contribution >= 4 is 5.97 Å². The number of carbonyl (C=O) groups excluding carboxylic acids is 1. The molecule has 0 aromatic rings. The summed E-state index contributed by atoms with van der Waals surface area (Å²) in [5.74, 6) is -1.65. The standard InChI is InChI=1S/C13H20O3/c1-9-10-7-5-4-6-8-13(15,12(10,2)3)16-11(9)14/h15H,4-8H2,1-3H3. The highest BCUT2D eigenvalue weighted by Crippen LogP contribution is 2.50. The number of esters is 1. The molecule has 0 saturated heterocycles. The van der Waals surface area contributed by atoms with Gasteiger partial charge in [0.25, 0.3) is 0 Å². The normalized spacial score (nSPS) is 34.1. The number of ether oxygens (including phenoxy) is 1. The molecule has 1 heterocycles. The first-order valence-electron chi connectivity index (χ1n) is 6.04. The van der Waals surface area contributed by atoms with Crippen LogP contribution in [-0.4, -0.2) is 16.9 Å². The van der Waals surface area contributed by atoms with Crippen LogP contribution in [0.4, 0.5) is 0 Å². The highest BCUT2D eigenvalue weighted by Gasteiger charge is 2.53. The number of fused-ring (bicyclic) bond motifs is 2. The zero-order chi connectivity index (χ0) is 12.0. The van der Waals surface area contributed by atoms with E-state index in [1.807, 2.05) is 13.8 Å². The van der Waals surface area contributed by atoms with Crippen LogP contribution in [0, 0.1) is 5.41 Å². The van der Waals surface area contributed by atoms with E-state index in [1.165, 1.54) is 0 Å². The van der Waals surface area contributed by atoms with Gasteiger partial charge in [0.05, 0.1) is 5.41 Å². The molecule has 3 heteroatoms. The third kappa shape index (κ3) is 1.49. The lowest BCUT2D eigenvalue weighted by atomic mass is 9.68. The average Bonchev–Trinajstić information content (AvgIpc) is 2.19. The van der Waals surface area contributed by atoms with E-state index in [9.17, 15) is 9.90 Å². The molecule has 0 aromatic carbocycles. The molecule has 1 aliphatic carbocycles. The minimum Gasteiger partial charge on any atom is -0.429 e. The monoisotopic (exact) mass is 224 g/mol. The topological polar surface area (TPSA) is 46.5 Å². The fourth-order valence-corrected chi connectivity index (χ4v) is 2.89. The van der Waals surface area contributed by atoms with Crippen LogP contribution in [-0.2, 0) is 9.53 Å². The summed E-state index contributed by atoms with van der Waals surface area (Å²) in [7, 11) is 0. The van der Waals surface area contributed by atoms with E-state index in [4.69, 9.17) is 4.74 Å². The molecular formula is C13H20O3. The summed E-state index contributed by atoms with van der Waals surface area (Å²) in [6.45, 7) is 5.76. The van der Waals surface area contributed by atoms with Crippen molar-refractivity contribution in [3.8, 4) is 0 Å². The molecule has 0 radical (unpaired) electrons. The molecule has 1 fully saturated rings. The Labute approximate surface area is 96.5 Å². The van der Waals surface area contributed by atoms with E-state index in [0.29, 0.717) is 12.0 Å². The van der Waals surface area contributed by atoms with Crippen LogP contribution in [0.5, 0.6) is 0 Å². The highest BCUT2D eigenvalue weighted by atomic mass is 16.7. The molecule has 2 aliphatic rings. The van der Waals surface area contributed by atoms with Crippen LogP contribution in [0.2, 0.25) is 0 Å². The minimum atomic E-state index is -1.31. The van der Waals surface area contributed by atoms with Crippen molar-refractivity contribution in [3.05, 3.63) is 11.1 Å². The van der Waals surface area contributed by atoms with Gasteiger partial charge in [-0.3, -0.25) is 0 Å². The Hall–Kier alpha value is -0.830. The fourth-order valence-electron chi connectivity index (χ4n) is 2.89. The van der Waals surface area contributed by atoms with Crippen molar-refractivity contribution in [1.29, 1.82) is 0 Å². The first-order valence-corrected chi connectivity index (χ1v) is 6.04. The summed E-state index contributed by atoms with van der Waals surface area (Å²) in [5, 5.41) is 10.5. The minimum absolute atomic E-state index is 0.348. The van der Waals surface area contributed by atoms with Gasteiger partial charge in [-0.25, -0.2) is 4.79 Å². The van der Waals surface area contributed by atoms with Gasteiger partial charge in [0.15, 0.2) is 0 Å². The molecule has 2 bridgehead atoms. The van der Waals surface area contributed by atoms with Gasteiger partial charge < -0.3 is 9.84 Å². The van der Waals surface area contributed by atoms with Gasteiger partial charge in [0, 0.05) is 12.0 Å². The quantitative estimate of drug-likeness (QED) is 0.643. The molecule has 2 rings (SSSR count). The molecule has 1 unspecified atom stereocenters. The van der Waals surface area contributed by atoms with Crippen molar-refractivity contribution in [3.63, 3.8) is 0 Å². The third-order valence-corrected chi connectivity index (χ3v) is 4.19. The van der Waals surface area contributed by atoms with Gasteiger partial charge in [-0.15, -0.1) is 0 Å². The number of aliphatic hydroxyl groups is 1. The summed E-state index contributed by atoms with van der Waals surface area (Å²) in [5.41, 5.74) is 1.31. The number of hydrogen-bond acceptors (Lipinski definition) is 3. The Kier molecular flexibility index (Phi) is 2.61. The van der Waals surface area contributed by atoms with Crippen molar-refractivity contribution in [2.45, 2.75) is 58.7 Å². The summed E-state index contributed by atoms with van der Waals surface area (Å²) in [6.07, 6.45) is 4.55. The van der Waals surface area contributed by atoms with E-state index < -0.39 is 11.2 Å². The molecule has 3 nitrogen and oxygen atoms in total. The lowest BCUT2D eigenvalue weighted by Gasteiger charge is -2.48. The molecule has 0 amide bonds. The Morgan fingerprint density at radius 3 is 2.62 bits per heavy atom. The van der Waals surface area contributed by atoms with Crippen LogP contribution in [0.25, 0.3) is 0 Å². The molecule has 90 valence electrons. The summed E-state index contributed by atoms with van der Waals surface area (Å²) < 4.78 is 5.27. The van der Waals surface area contributed by atoms with Crippen molar-refractivity contribution in [1.82, 2.24) is 0 Å². The van der Waals surface area contributed by atoms with E-state index in [0.717, 1.165) is 31.3 Å². The fraction of sp³-hybridized carbons (Fsp3) is 0.769. The van der Waals surface area contributed by atoms with Crippen LogP contribution < -0.4 is 0 Å². The Balaban J connectivity index is 2.53. The predicted molar refractivity (Wildman–Crippen MR) is 60.6 cm³/mol. The van der Waals surface area contributed by atoms with Crippen LogP contribution in [0.15, 0.2) is 11.1 Å². The Bertz CT molecular complexity index is 354. The van der Waals surface area contributed by atoms with E-state index >= 15 is 0 Å². The first-order chi connectivity index (χ1) is 7.38. The van der Waals surface area contributed by atoms with Crippen LogP contribution in [0.3, 0.4) is 0 Å². The molecule has 16 heavy (non-hydrogen) atoms. The van der Waals surface area contributed by atoms with E-state index in [-0.39, 0.29) is 5.97 Å². The van der Waals surface area contributed by atoms with Gasteiger partial charge in [-0.1, -0.05) is 6.42 Å². The molecule has 1 N–H and O–H groups in total. The molecule has 0 spiro atoms. The number of hydrogen-bond donors (Lipinski definition) is 1. The third-order valence-electron chi connectivity index (χ3n) is 4.19. The first kappa shape index (κ1) is 11.6. The maximum absolute atomic E-state index is 11.7. The lowest BCUT2D eigenvalue weighted by Crippen LogP contribution is -2.53. The van der Waals surface area contributed by atoms with E-state index in [2.05, 4.69) is 0 Å². The van der Waals surface area contributed by atoms with Gasteiger partial charge in [0.2, 0.25) is 5.79 Å². The van der Waals surface area contributed by atoms with Crippen LogP contribution >= 0.6 is 0 Å². The zero-order valence-corrected chi connectivity index (χ0v) is 10.3. The van der Waals surface area contributed by atoms with Crippen molar-refractivity contribution in [2.75, 3.05) is 0 Å². The Morgan fingerprint density at radius 1 is 1.25 bits per heavy atom. The second kappa shape index (κ2) is 3.59. The Morgan fingerprint density at radius 2 is 1.94 bits per heavy atom. The number of rotatable bonds is 0. The lowest BCUT2D eigenvalue weighted by molar-refractivity contribution is -0.254.